The van der Waals surface area contributed by atoms with E-state index >= 15 is 0 Å². The van der Waals surface area contributed by atoms with Gasteiger partial charge in [0.25, 0.3) is 0 Å². The highest BCUT2D eigenvalue weighted by Crippen LogP contribution is 2.40. The summed E-state index contributed by atoms with van der Waals surface area (Å²) < 4.78 is 4.74. The number of benzene rings is 8. The topological polar surface area (TPSA) is 61.4 Å². The predicted molar refractivity (Wildman–Crippen MR) is 253 cm³/mol. The second-order valence-corrected chi connectivity index (χ2v) is 15.5. The van der Waals surface area contributed by atoms with E-state index in [0.29, 0.717) is 17.5 Å². The van der Waals surface area contributed by atoms with Gasteiger partial charge in [0.05, 0.1) is 27.8 Å². The average molecular weight is 793 g/mol. The van der Waals surface area contributed by atoms with Gasteiger partial charge < -0.3 is 9.13 Å². The highest BCUT2D eigenvalue weighted by molar-refractivity contribution is 6.15. The van der Waals surface area contributed by atoms with Crippen molar-refractivity contribution in [2.75, 3.05) is 0 Å². The standard InChI is InChI=1S/C56H36N6/c1-4-15-38(16-5-1)54-58-55(39-17-6-2-7-18-39)60-56(59-54)41-33-34-57-48(35-41)46-23-14-26-51-53(46)47-22-11-13-25-50(47)61(51)43-30-27-37(28-31-43)40-29-32-45-44-21-10-12-24-49(44)62(52(45)36-40)42-19-8-3-9-20-42/h1-36H. The smallest absolute Gasteiger partial charge is 0.164 e. The molecule has 0 fully saturated rings. The van der Waals surface area contributed by atoms with Crippen LogP contribution in [0, 0.1) is 0 Å². The Morgan fingerprint density at radius 1 is 0.306 bits per heavy atom. The number of rotatable bonds is 7. The summed E-state index contributed by atoms with van der Waals surface area (Å²) >= 11 is 0. The minimum atomic E-state index is 0.594. The number of pyridine rings is 1. The quantitative estimate of drug-likeness (QED) is 0.161. The maximum Gasteiger partial charge on any atom is 0.164 e. The zero-order valence-electron chi connectivity index (χ0n) is 33.5. The molecule has 0 N–H and O–H groups in total. The first-order chi connectivity index (χ1) is 30.7. The van der Waals surface area contributed by atoms with E-state index < -0.39 is 0 Å². The van der Waals surface area contributed by atoms with Crippen LogP contribution in [0.1, 0.15) is 0 Å². The van der Waals surface area contributed by atoms with Crippen LogP contribution in [0.5, 0.6) is 0 Å². The molecular weight excluding hydrogens is 757 g/mol. The van der Waals surface area contributed by atoms with Crippen molar-refractivity contribution in [3.8, 4) is 67.9 Å². The lowest BCUT2D eigenvalue weighted by atomic mass is 10.0. The van der Waals surface area contributed by atoms with Crippen LogP contribution >= 0.6 is 0 Å². The molecule has 0 unspecified atom stereocenters. The van der Waals surface area contributed by atoms with Crippen molar-refractivity contribution in [2.24, 2.45) is 0 Å². The van der Waals surface area contributed by atoms with Gasteiger partial charge >= 0.3 is 0 Å². The molecule has 0 aliphatic heterocycles. The van der Waals surface area contributed by atoms with Gasteiger partial charge in [-0.3, -0.25) is 4.98 Å². The van der Waals surface area contributed by atoms with Crippen molar-refractivity contribution in [1.82, 2.24) is 29.1 Å². The molecule has 6 heteroatoms. The van der Waals surface area contributed by atoms with Crippen LogP contribution in [0.15, 0.2) is 219 Å². The van der Waals surface area contributed by atoms with Crippen LogP contribution in [0.2, 0.25) is 0 Å². The van der Waals surface area contributed by atoms with E-state index in [-0.39, 0.29) is 0 Å². The fourth-order valence-corrected chi connectivity index (χ4v) is 8.97. The van der Waals surface area contributed by atoms with E-state index in [9.17, 15) is 0 Å². The highest BCUT2D eigenvalue weighted by atomic mass is 15.0. The summed E-state index contributed by atoms with van der Waals surface area (Å²) in [5.74, 6) is 1.84. The maximum atomic E-state index is 5.01. The normalized spacial score (nSPS) is 11.5. The number of hydrogen-bond donors (Lipinski definition) is 0. The van der Waals surface area contributed by atoms with E-state index in [1.54, 1.807) is 0 Å². The number of para-hydroxylation sites is 3. The van der Waals surface area contributed by atoms with Crippen molar-refractivity contribution >= 4 is 43.6 Å². The minimum absolute atomic E-state index is 0.594. The monoisotopic (exact) mass is 792 g/mol. The van der Waals surface area contributed by atoms with Crippen LogP contribution in [-0.4, -0.2) is 29.1 Å². The van der Waals surface area contributed by atoms with Crippen LogP contribution in [0.25, 0.3) is 112 Å². The summed E-state index contributed by atoms with van der Waals surface area (Å²) in [6, 6.07) is 74.4. The summed E-state index contributed by atoms with van der Waals surface area (Å²) in [4.78, 5) is 19.9. The molecular formula is C56H36N6. The molecule has 0 radical (unpaired) electrons. The van der Waals surface area contributed by atoms with E-state index in [1.165, 1.54) is 27.4 Å². The first kappa shape index (κ1) is 35.5. The Balaban J connectivity index is 0.957. The maximum absolute atomic E-state index is 5.01. The first-order valence-electron chi connectivity index (χ1n) is 20.8. The number of fused-ring (bicyclic) bond motifs is 6. The molecule has 0 amide bonds. The Morgan fingerprint density at radius 3 is 1.52 bits per heavy atom. The molecule has 290 valence electrons. The highest BCUT2D eigenvalue weighted by Gasteiger charge is 2.19. The molecule has 6 nitrogen and oxygen atoms in total. The molecule has 0 aliphatic rings. The van der Waals surface area contributed by atoms with E-state index in [1.807, 2.05) is 72.9 Å². The fraction of sp³-hybridized carbons (Fsp3) is 0. The Hall–Kier alpha value is -8.48. The van der Waals surface area contributed by atoms with Crippen molar-refractivity contribution < 1.29 is 0 Å². The Kier molecular flexibility index (Phi) is 8.38. The molecule has 8 aromatic carbocycles. The third-order valence-electron chi connectivity index (χ3n) is 11.8. The third-order valence-corrected chi connectivity index (χ3v) is 11.8. The van der Waals surface area contributed by atoms with Crippen molar-refractivity contribution in [3.63, 3.8) is 0 Å². The van der Waals surface area contributed by atoms with Crippen molar-refractivity contribution in [2.45, 2.75) is 0 Å². The second kappa shape index (κ2) is 14.7. The number of nitrogens with zero attached hydrogens (tertiary/aromatic N) is 6. The zero-order chi connectivity index (χ0) is 41.0. The number of hydrogen-bond acceptors (Lipinski definition) is 4. The molecule has 62 heavy (non-hydrogen) atoms. The summed E-state index contributed by atoms with van der Waals surface area (Å²) in [6.45, 7) is 0. The summed E-state index contributed by atoms with van der Waals surface area (Å²) in [5, 5.41) is 4.79. The van der Waals surface area contributed by atoms with Gasteiger partial charge in [0.2, 0.25) is 0 Å². The van der Waals surface area contributed by atoms with Gasteiger partial charge in [-0.25, -0.2) is 15.0 Å². The fourth-order valence-electron chi connectivity index (χ4n) is 8.97. The van der Waals surface area contributed by atoms with Gasteiger partial charge in [-0.2, -0.15) is 0 Å². The van der Waals surface area contributed by atoms with Gasteiger partial charge in [-0.05, 0) is 71.8 Å². The average Bonchev–Trinajstić information content (AvgIpc) is 3.87. The van der Waals surface area contributed by atoms with Crippen LogP contribution in [-0.2, 0) is 0 Å². The zero-order valence-corrected chi connectivity index (χ0v) is 33.5. The van der Waals surface area contributed by atoms with Crippen LogP contribution in [0.4, 0.5) is 0 Å². The Bertz CT molecular complexity index is 3550. The van der Waals surface area contributed by atoms with Gasteiger partial charge in [-0.1, -0.05) is 152 Å². The van der Waals surface area contributed by atoms with Gasteiger partial charge in [-0.15, -0.1) is 0 Å². The lowest BCUT2D eigenvalue weighted by Gasteiger charge is -2.11. The molecule has 0 atom stereocenters. The first-order valence-corrected chi connectivity index (χ1v) is 20.8. The third kappa shape index (κ3) is 5.96. The minimum Gasteiger partial charge on any atom is -0.309 e. The van der Waals surface area contributed by atoms with Gasteiger partial charge in [0.1, 0.15) is 0 Å². The molecule has 4 heterocycles. The van der Waals surface area contributed by atoms with E-state index in [4.69, 9.17) is 19.9 Å². The molecule has 12 rings (SSSR count). The Labute approximate surface area is 357 Å². The molecule has 0 spiro atoms. The van der Waals surface area contributed by atoms with Crippen molar-refractivity contribution in [1.29, 1.82) is 0 Å². The second-order valence-electron chi connectivity index (χ2n) is 15.5. The van der Waals surface area contributed by atoms with Gasteiger partial charge in [0.15, 0.2) is 17.5 Å². The lowest BCUT2D eigenvalue weighted by Crippen LogP contribution is -2.00. The van der Waals surface area contributed by atoms with Crippen molar-refractivity contribution in [3.05, 3.63) is 219 Å². The lowest BCUT2D eigenvalue weighted by molar-refractivity contribution is 1.07. The molecule has 0 saturated carbocycles. The van der Waals surface area contributed by atoms with E-state index in [2.05, 4.69) is 155 Å². The largest absolute Gasteiger partial charge is 0.309 e. The van der Waals surface area contributed by atoms with Crippen LogP contribution < -0.4 is 0 Å². The number of aromatic nitrogens is 6. The summed E-state index contributed by atoms with van der Waals surface area (Å²) in [7, 11) is 0. The SMILES string of the molecule is c1ccc(-c2nc(-c3ccccc3)nc(-c3ccnc(-c4cccc5c4c4ccccc4n5-c4ccc(-c5ccc6c7ccccc7n(-c7ccccc7)c6c5)cc4)c3)n2)cc1. The predicted octanol–water partition coefficient (Wildman–Crippen LogP) is 13.8. The molecule has 0 saturated heterocycles. The summed E-state index contributed by atoms with van der Waals surface area (Å²) in [6.07, 6.45) is 1.85. The Morgan fingerprint density at radius 2 is 0.823 bits per heavy atom. The molecule has 4 aromatic heterocycles. The molecule has 0 aliphatic carbocycles. The summed E-state index contributed by atoms with van der Waals surface area (Å²) in [5.41, 5.74) is 13.8. The van der Waals surface area contributed by atoms with Crippen LogP contribution in [0.3, 0.4) is 0 Å². The molecule has 12 aromatic rings. The molecule has 0 bridgehead atoms. The van der Waals surface area contributed by atoms with E-state index in [0.717, 1.165) is 66.7 Å². The van der Waals surface area contributed by atoms with Gasteiger partial charge in [0, 0.05) is 61.4 Å².